The molecule has 0 fully saturated rings. The van der Waals surface area contributed by atoms with E-state index < -0.39 is 0 Å². The van der Waals surface area contributed by atoms with Gasteiger partial charge < -0.3 is 9.32 Å². The van der Waals surface area contributed by atoms with Gasteiger partial charge in [-0.25, -0.2) is 4.98 Å². The molecule has 0 saturated carbocycles. The molecule has 0 aliphatic rings. The number of hydrogen-bond donors (Lipinski definition) is 0. The van der Waals surface area contributed by atoms with Crippen LogP contribution in [0, 0.1) is 0 Å². The van der Waals surface area contributed by atoms with Gasteiger partial charge in [0.1, 0.15) is 16.2 Å². The molecule has 0 spiro atoms. The van der Waals surface area contributed by atoms with Crippen LogP contribution in [0.25, 0.3) is 86.9 Å². The van der Waals surface area contributed by atoms with Crippen LogP contribution in [-0.4, -0.2) is 4.98 Å². The fourth-order valence-electron chi connectivity index (χ4n) is 8.01. The van der Waals surface area contributed by atoms with Gasteiger partial charge in [-0.3, -0.25) is 0 Å². The van der Waals surface area contributed by atoms with Crippen LogP contribution in [-0.2, 0) is 0 Å². The lowest BCUT2D eigenvalue weighted by molar-refractivity contribution is 0.669. The molecular weight excluding hydrogens is 713 g/mol. The molecule has 268 valence electrons. The maximum Gasteiger partial charge on any atom is 0.137 e. The predicted octanol–water partition coefficient (Wildman–Crippen LogP) is 15.5. The van der Waals surface area contributed by atoms with E-state index in [0.29, 0.717) is 0 Å². The van der Waals surface area contributed by atoms with Crippen LogP contribution < -0.4 is 4.90 Å². The Morgan fingerprint density at radius 1 is 0.386 bits per heavy atom. The summed E-state index contributed by atoms with van der Waals surface area (Å²) < 4.78 is 7.66. The van der Waals surface area contributed by atoms with Crippen molar-refractivity contribution in [3.05, 3.63) is 206 Å². The van der Waals surface area contributed by atoms with Gasteiger partial charge in [0.15, 0.2) is 0 Å². The Labute approximate surface area is 334 Å². The Bertz CT molecular complexity index is 3220. The third-order valence-corrected chi connectivity index (χ3v) is 12.0. The smallest absolute Gasteiger partial charge is 0.137 e. The Morgan fingerprint density at radius 3 is 1.72 bits per heavy atom. The lowest BCUT2D eigenvalue weighted by atomic mass is 10.00. The van der Waals surface area contributed by atoms with E-state index in [0.717, 1.165) is 70.9 Å². The van der Waals surface area contributed by atoms with Crippen LogP contribution in [0.3, 0.4) is 0 Å². The van der Waals surface area contributed by atoms with Crippen molar-refractivity contribution in [2.24, 2.45) is 0 Å². The van der Waals surface area contributed by atoms with Crippen molar-refractivity contribution in [2.45, 2.75) is 0 Å². The number of aromatic nitrogens is 1. The summed E-state index contributed by atoms with van der Waals surface area (Å²) in [5.41, 5.74) is 14.1. The van der Waals surface area contributed by atoms with E-state index in [2.05, 4.69) is 205 Å². The van der Waals surface area contributed by atoms with E-state index in [1.165, 1.54) is 33.0 Å². The molecule has 3 nitrogen and oxygen atoms in total. The van der Waals surface area contributed by atoms with E-state index in [-0.39, 0.29) is 0 Å². The summed E-state index contributed by atoms with van der Waals surface area (Å²) in [5, 5.41) is 5.73. The van der Waals surface area contributed by atoms with Crippen molar-refractivity contribution < 1.29 is 4.42 Å². The van der Waals surface area contributed by atoms with Gasteiger partial charge in [-0.2, -0.15) is 0 Å². The number of benzene rings is 9. The molecule has 0 saturated heterocycles. The van der Waals surface area contributed by atoms with Gasteiger partial charge in [-0.05, 0) is 111 Å². The molecule has 0 unspecified atom stereocenters. The highest BCUT2D eigenvalue weighted by Crippen LogP contribution is 2.42. The summed E-state index contributed by atoms with van der Waals surface area (Å²) in [5.74, 6) is 0. The van der Waals surface area contributed by atoms with E-state index in [1.54, 1.807) is 11.3 Å². The van der Waals surface area contributed by atoms with Gasteiger partial charge in [-0.15, -0.1) is 11.3 Å². The Balaban J connectivity index is 0.967. The number of thiazole rings is 1. The molecule has 0 aliphatic carbocycles. The lowest BCUT2D eigenvalue weighted by Gasteiger charge is -2.26. The van der Waals surface area contributed by atoms with Crippen molar-refractivity contribution >= 4 is 71.3 Å². The second-order valence-electron chi connectivity index (χ2n) is 14.4. The van der Waals surface area contributed by atoms with E-state index >= 15 is 0 Å². The molecule has 0 N–H and O–H groups in total. The monoisotopic (exact) mass is 746 g/mol. The van der Waals surface area contributed by atoms with Crippen LogP contribution >= 0.6 is 11.3 Å². The van der Waals surface area contributed by atoms with Crippen molar-refractivity contribution in [3.8, 4) is 44.0 Å². The van der Waals surface area contributed by atoms with Gasteiger partial charge in [0.2, 0.25) is 0 Å². The summed E-state index contributed by atoms with van der Waals surface area (Å²) in [4.78, 5) is 7.32. The summed E-state index contributed by atoms with van der Waals surface area (Å²) in [6.07, 6.45) is 0. The molecule has 11 rings (SSSR count). The van der Waals surface area contributed by atoms with Gasteiger partial charge in [0, 0.05) is 33.4 Å². The SMILES string of the molecule is c1ccc(-c2ccc(N(c3ccc(-c4ccc5c(c4)oc4ccc6nc(-c7ccccc7)sc6c45)cc3)c3cccc(-c4ccc5ccccc5c4)c3)cc2)cc1. The number of fused-ring (bicyclic) bond motifs is 6. The van der Waals surface area contributed by atoms with E-state index in [4.69, 9.17) is 9.40 Å². The molecule has 11 aromatic rings. The standard InChI is InChI=1S/C53H34N2OS/c1-3-10-35(11-4-1)37-20-25-44(26-21-37)55(46-17-9-16-41(33-46)42-19-18-36-12-7-8-15-40(36)32-42)45-27-22-38(23-28-45)43-24-29-47-50(34-43)56-49-31-30-48-52(51(47)49)57-53(54-48)39-13-5-2-6-14-39/h1-34H. The number of furan rings is 1. The highest BCUT2D eigenvalue weighted by atomic mass is 32.1. The molecule has 0 radical (unpaired) electrons. The predicted molar refractivity (Wildman–Crippen MR) is 241 cm³/mol. The van der Waals surface area contributed by atoms with Crippen LogP contribution in [0.5, 0.6) is 0 Å². The zero-order valence-electron chi connectivity index (χ0n) is 30.8. The summed E-state index contributed by atoms with van der Waals surface area (Å²) in [6, 6.07) is 73.4. The largest absolute Gasteiger partial charge is 0.456 e. The van der Waals surface area contributed by atoms with Crippen molar-refractivity contribution in [3.63, 3.8) is 0 Å². The molecule has 0 aliphatic heterocycles. The molecule has 2 heterocycles. The second kappa shape index (κ2) is 13.8. The fourth-order valence-corrected chi connectivity index (χ4v) is 9.13. The summed E-state index contributed by atoms with van der Waals surface area (Å²) in [6.45, 7) is 0. The highest BCUT2D eigenvalue weighted by molar-refractivity contribution is 7.22. The fraction of sp³-hybridized carbons (Fsp3) is 0. The molecule has 0 atom stereocenters. The topological polar surface area (TPSA) is 29.3 Å². The lowest BCUT2D eigenvalue weighted by Crippen LogP contribution is -2.10. The molecule has 2 aromatic heterocycles. The van der Waals surface area contributed by atoms with Gasteiger partial charge in [0.05, 0.1) is 10.2 Å². The zero-order chi connectivity index (χ0) is 37.7. The number of hydrogen-bond acceptors (Lipinski definition) is 4. The first-order valence-corrected chi connectivity index (χ1v) is 20.0. The van der Waals surface area contributed by atoms with Crippen LogP contribution in [0.2, 0.25) is 0 Å². The van der Waals surface area contributed by atoms with Crippen molar-refractivity contribution in [1.82, 2.24) is 4.98 Å². The zero-order valence-corrected chi connectivity index (χ0v) is 31.7. The first-order chi connectivity index (χ1) is 28.2. The van der Waals surface area contributed by atoms with Crippen molar-refractivity contribution in [2.75, 3.05) is 4.90 Å². The van der Waals surface area contributed by atoms with E-state index in [1.807, 2.05) is 6.07 Å². The van der Waals surface area contributed by atoms with Gasteiger partial charge in [0.25, 0.3) is 0 Å². The minimum atomic E-state index is 0.874. The Morgan fingerprint density at radius 2 is 0.965 bits per heavy atom. The summed E-state index contributed by atoms with van der Waals surface area (Å²) in [7, 11) is 0. The minimum absolute atomic E-state index is 0.874. The average molecular weight is 747 g/mol. The number of anilines is 3. The third kappa shape index (κ3) is 6.04. The molecule has 0 bridgehead atoms. The molecule has 0 amide bonds. The average Bonchev–Trinajstić information content (AvgIpc) is 3.89. The number of nitrogens with zero attached hydrogens (tertiary/aromatic N) is 2. The molecule has 9 aromatic carbocycles. The second-order valence-corrected chi connectivity index (χ2v) is 15.4. The Kier molecular flexibility index (Phi) is 8.01. The molecule has 4 heteroatoms. The van der Waals surface area contributed by atoms with Gasteiger partial charge in [-0.1, -0.05) is 140 Å². The maximum atomic E-state index is 6.50. The van der Waals surface area contributed by atoms with Crippen molar-refractivity contribution in [1.29, 1.82) is 0 Å². The number of rotatable bonds is 7. The maximum absolute atomic E-state index is 6.50. The molecular formula is C53H34N2OS. The van der Waals surface area contributed by atoms with Gasteiger partial charge >= 0.3 is 0 Å². The van der Waals surface area contributed by atoms with Crippen LogP contribution in [0.15, 0.2) is 211 Å². The van der Waals surface area contributed by atoms with Crippen LogP contribution in [0.4, 0.5) is 17.1 Å². The van der Waals surface area contributed by atoms with Crippen LogP contribution in [0.1, 0.15) is 0 Å². The Hall–Kier alpha value is -7.27. The summed E-state index contributed by atoms with van der Waals surface area (Å²) >= 11 is 1.72. The van der Waals surface area contributed by atoms with E-state index in [9.17, 15) is 0 Å². The minimum Gasteiger partial charge on any atom is -0.456 e. The first-order valence-electron chi connectivity index (χ1n) is 19.2. The normalized spacial score (nSPS) is 11.5. The molecule has 57 heavy (non-hydrogen) atoms. The third-order valence-electron chi connectivity index (χ3n) is 10.9. The highest BCUT2D eigenvalue weighted by Gasteiger charge is 2.17. The quantitative estimate of drug-likeness (QED) is 0.163. The first kappa shape index (κ1) is 33.1.